The molecule has 174 valence electrons. The maximum absolute atomic E-state index is 13.5. The van der Waals surface area contributed by atoms with E-state index in [9.17, 15) is 9.18 Å². The number of nitrogens with two attached hydrogens (primary N) is 1. The maximum Gasteiger partial charge on any atom is 0.242 e. The number of aromatic amines is 1. The van der Waals surface area contributed by atoms with Crippen LogP contribution in [-0.2, 0) is 11.2 Å². The molecule has 0 spiro atoms. The number of nitrogens with one attached hydrogen (secondary N) is 2. The van der Waals surface area contributed by atoms with E-state index in [1.54, 1.807) is 30.6 Å². The molecule has 1 unspecified atom stereocenters. The van der Waals surface area contributed by atoms with E-state index in [0.29, 0.717) is 17.9 Å². The molecule has 0 bridgehead atoms. The number of amides is 1. The van der Waals surface area contributed by atoms with Gasteiger partial charge in [0, 0.05) is 26.9 Å². The third-order valence-electron chi connectivity index (χ3n) is 5.72. The van der Waals surface area contributed by atoms with E-state index in [0.717, 1.165) is 36.9 Å². The van der Waals surface area contributed by atoms with Crippen molar-refractivity contribution >= 4 is 45.3 Å². The molecule has 0 aliphatic heterocycles. The summed E-state index contributed by atoms with van der Waals surface area (Å²) in [6, 6.07) is 21.0. The van der Waals surface area contributed by atoms with E-state index < -0.39 is 6.04 Å². The van der Waals surface area contributed by atoms with E-state index >= 15 is 0 Å². The molecule has 3 aromatic heterocycles. The van der Waals surface area contributed by atoms with Gasteiger partial charge in [0.1, 0.15) is 17.3 Å². The highest BCUT2D eigenvalue weighted by molar-refractivity contribution is 14.1. The second kappa shape index (κ2) is 9.93. The minimum atomic E-state index is -0.710. The molecule has 1 atom stereocenters. The molecule has 0 saturated carbocycles. The normalized spacial score (nSPS) is 12.0. The molecule has 8 heteroatoms. The molecule has 0 fully saturated rings. The Morgan fingerprint density at radius 1 is 0.971 bits per heavy atom. The molecule has 5 aromatic rings. The summed E-state index contributed by atoms with van der Waals surface area (Å²) in [6.07, 6.45) is 3.87. The first-order valence-electron chi connectivity index (χ1n) is 11.0. The Labute approximate surface area is 215 Å². The minimum Gasteiger partial charge on any atom is -0.339 e. The standard InChI is InChI=1S/C27H21FIN5O/c28-19-5-3-18(4-6-19)25-24(17-11-13-31-14-12-17)21-9-10-23(32-26(21)34-25)33-27(35)22(30)15-16-1-7-20(29)8-2-16/h1-14,22H,15,30H2,(H2,32,33,34,35). The fraction of sp³-hybridized carbons (Fsp3) is 0.0741. The Bertz CT molecular complexity index is 1480. The SMILES string of the molecule is NC(Cc1ccc(I)cc1)C(=O)Nc1ccc2c(-c3ccncc3)c(-c3ccc(F)cc3)[nH]c2n1. The third-order valence-corrected chi connectivity index (χ3v) is 6.44. The second-order valence-corrected chi connectivity index (χ2v) is 9.38. The lowest BCUT2D eigenvalue weighted by Crippen LogP contribution is -2.37. The number of anilines is 1. The fourth-order valence-electron chi connectivity index (χ4n) is 3.98. The molecule has 0 aliphatic carbocycles. The van der Waals surface area contributed by atoms with Crippen molar-refractivity contribution < 1.29 is 9.18 Å². The van der Waals surface area contributed by atoms with Crippen LogP contribution >= 0.6 is 22.6 Å². The maximum atomic E-state index is 13.5. The molecule has 0 radical (unpaired) electrons. The van der Waals surface area contributed by atoms with Crippen LogP contribution in [0.5, 0.6) is 0 Å². The number of H-pyrrole nitrogens is 1. The Morgan fingerprint density at radius 2 is 1.69 bits per heavy atom. The van der Waals surface area contributed by atoms with Gasteiger partial charge >= 0.3 is 0 Å². The molecule has 5 rings (SSSR count). The molecule has 1 amide bonds. The molecule has 0 aliphatic rings. The van der Waals surface area contributed by atoms with Crippen LogP contribution in [0.25, 0.3) is 33.4 Å². The smallest absolute Gasteiger partial charge is 0.242 e. The average molecular weight is 577 g/mol. The van der Waals surface area contributed by atoms with Gasteiger partial charge in [0.05, 0.1) is 11.7 Å². The number of hydrogen-bond donors (Lipinski definition) is 3. The van der Waals surface area contributed by atoms with Crippen LogP contribution in [0.1, 0.15) is 5.56 Å². The van der Waals surface area contributed by atoms with Crippen LogP contribution < -0.4 is 11.1 Å². The topological polar surface area (TPSA) is 96.7 Å². The number of pyridine rings is 2. The van der Waals surface area contributed by atoms with Gasteiger partial charge in [-0.3, -0.25) is 9.78 Å². The van der Waals surface area contributed by atoms with Gasteiger partial charge in [0.15, 0.2) is 0 Å². The Balaban J connectivity index is 1.46. The molecular formula is C27H21FIN5O. The van der Waals surface area contributed by atoms with Crippen LogP contribution in [0.4, 0.5) is 10.2 Å². The van der Waals surface area contributed by atoms with E-state index in [1.165, 1.54) is 12.1 Å². The second-order valence-electron chi connectivity index (χ2n) is 8.14. The van der Waals surface area contributed by atoms with Crippen molar-refractivity contribution in [3.05, 3.63) is 100 Å². The average Bonchev–Trinajstić information content (AvgIpc) is 3.25. The monoisotopic (exact) mass is 577 g/mol. The summed E-state index contributed by atoms with van der Waals surface area (Å²) in [7, 11) is 0. The molecular weight excluding hydrogens is 556 g/mol. The summed E-state index contributed by atoms with van der Waals surface area (Å²) in [5, 5.41) is 3.70. The number of hydrogen-bond acceptors (Lipinski definition) is 4. The van der Waals surface area contributed by atoms with Crippen molar-refractivity contribution in [3.8, 4) is 22.4 Å². The van der Waals surface area contributed by atoms with Gasteiger partial charge in [-0.05, 0) is 106 Å². The van der Waals surface area contributed by atoms with Crippen molar-refractivity contribution in [1.29, 1.82) is 0 Å². The molecule has 2 aromatic carbocycles. The highest BCUT2D eigenvalue weighted by atomic mass is 127. The summed E-state index contributed by atoms with van der Waals surface area (Å²) in [5.74, 6) is -0.219. The number of aromatic nitrogens is 3. The van der Waals surface area contributed by atoms with Crippen LogP contribution in [0.2, 0.25) is 0 Å². The van der Waals surface area contributed by atoms with Crippen molar-refractivity contribution in [2.45, 2.75) is 12.5 Å². The highest BCUT2D eigenvalue weighted by Gasteiger charge is 2.19. The lowest BCUT2D eigenvalue weighted by molar-refractivity contribution is -0.117. The summed E-state index contributed by atoms with van der Waals surface area (Å²) in [4.78, 5) is 24.8. The van der Waals surface area contributed by atoms with Crippen LogP contribution in [0.15, 0.2) is 85.2 Å². The highest BCUT2D eigenvalue weighted by Crippen LogP contribution is 2.38. The predicted molar refractivity (Wildman–Crippen MR) is 144 cm³/mol. The van der Waals surface area contributed by atoms with E-state index in [1.807, 2.05) is 42.5 Å². The summed E-state index contributed by atoms with van der Waals surface area (Å²) < 4.78 is 14.7. The summed E-state index contributed by atoms with van der Waals surface area (Å²) in [5.41, 5.74) is 11.2. The number of fused-ring (bicyclic) bond motifs is 1. The number of carbonyl (C=O) groups excluding carboxylic acids is 1. The number of carbonyl (C=O) groups is 1. The van der Waals surface area contributed by atoms with Crippen molar-refractivity contribution in [2.75, 3.05) is 5.32 Å². The van der Waals surface area contributed by atoms with Crippen LogP contribution in [0.3, 0.4) is 0 Å². The molecule has 4 N–H and O–H groups in total. The van der Waals surface area contributed by atoms with Gasteiger partial charge in [-0.15, -0.1) is 0 Å². The van der Waals surface area contributed by atoms with Crippen molar-refractivity contribution in [2.24, 2.45) is 5.73 Å². The number of halogens is 2. The predicted octanol–water partition coefficient (Wildman–Crippen LogP) is 5.54. The largest absolute Gasteiger partial charge is 0.339 e. The summed E-state index contributed by atoms with van der Waals surface area (Å²) in [6.45, 7) is 0. The van der Waals surface area contributed by atoms with E-state index in [4.69, 9.17) is 5.73 Å². The number of benzene rings is 2. The van der Waals surface area contributed by atoms with Crippen molar-refractivity contribution in [1.82, 2.24) is 15.0 Å². The van der Waals surface area contributed by atoms with Gasteiger partial charge in [-0.1, -0.05) is 12.1 Å². The Hall–Kier alpha value is -3.63. The van der Waals surface area contributed by atoms with Crippen molar-refractivity contribution in [3.63, 3.8) is 0 Å². The Morgan fingerprint density at radius 3 is 2.40 bits per heavy atom. The first-order valence-corrected chi connectivity index (χ1v) is 12.1. The summed E-state index contributed by atoms with van der Waals surface area (Å²) >= 11 is 2.24. The minimum absolute atomic E-state index is 0.306. The molecule has 3 heterocycles. The lowest BCUT2D eigenvalue weighted by atomic mass is 10.00. The van der Waals surface area contributed by atoms with E-state index in [2.05, 4.69) is 42.9 Å². The number of rotatable bonds is 6. The van der Waals surface area contributed by atoms with Gasteiger partial charge in [0.2, 0.25) is 5.91 Å². The molecule has 0 saturated heterocycles. The lowest BCUT2D eigenvalue weighted by Gasteiger charge is -2.12. The third kappa shape index (κ3) is 5.08. The van der Waals surface area contributed by atoms with Gasteiger partial charge < -0.3 is 16.0 Å². The van der Waals surface area contributed by atoms with E-state index in [-0.39, 0.29) is 11.7 Å². The molecule has 6 nitrogen and oxygen atoms in total. The zero-order chi connectivity index (χ0) is 24.4. The number of nitrogens with zero attached hydrogens (tertiary/aromatic N) is 2. The van der Waals surface area contributed by atoms with Crippen LogP contribution in [-0.4, -0.2) is 26.9 Å². The first-order chi connectivity index (χ1) is 17.0. The zero-order valence-electron chi connectivity index (χ0n) is 18.5. The van der Waals surface area contributed by atoms with Gasteiger partial charge in [-0.2, -0.15) is 0 Å². The van der Waals surface area contributed by atoms with Gasteiger partial charge in [0.25, 0.3) is 0 Å². The van der Waals surface area contributed by atoms with Gasteiger partial charge in [-0.25, -0.2) is 9.37 Å². The fourth-order valence-corrected chi connectivity index (χ4v) is 4.34. The Kier molecular flexibility index (Phi) is 6.56. The molecule has 35 heavy (non-hydrogen) atoms. The zero-order valence-corrected chi connectivity index (χ0v) is 20.7. The first kappa shape index (κ1) is 23.1. The van der Waals surface area contributed by atoms with Crippen LogP contribution in [0, 0.1) is 9.39 Å². The quantitative estimate of drug-likeness (QED) is 0.231.